The van der Waals surface area contributed by atoms with Gasteiger partial charge in [0.2, 0.25) is 0 Å². The van der Waals surface area contributed by atoms with E-state index in [1.54, 1.807) is 0 Å². The molecule has 2 N–H and O–H groups in total. The van der Waals surface area contributed by atoms with Crippen molar-refractivity contribution in [2.75, 3.05) is 0 Å². The molecule has 0 amide bonds. The molecule has 2 nitrogen and oxygen atoms in total. The molecule has 0 aliphatic heterocycles. The van der Waals surface area contributed by atoms with Crippen LogP contribution in [-0.4, -0.2) is 10.2 Å². The van der Waals surface area contributed by atoms with Crippen LogP contribution in [0, 0.1) is 13.8 Å². The van der Waals surface area contributed by atoms with Gasteiger partial charge in [-0.25, -0.2) is 0 Å². The van der Waals surface area contributed by atoms with Crippen LogP contribution in [0.1, 0.15) is 61.8 Å². The van der Waals surface area contributed by atoms with E-state index in [9.17, 15) is 10.2 Å². The lowest BCUT2D eigenvalue weighted by Gasteiger charge is -2.06. The minimum Gasteiger partial charge on any atom is -0.508 e. The maximum Gasteiger partial charge on any atom is 0.118 e. The Hall–Kier alpha value is -1.96. The maximum absolute atomic E-state index is 9.35. The van der Waals surface area contributed by atoms with Crippen LogP contribution in [0.15, 0.2) is 36.4 Å². The summed E-state index contributed by atoms with van der Waals surface area (Å²) in [4.78, 5) is 0. The van der Waals surface area contributed by atoms with Crippen molar-refractivity contribution in [1.82, 2.24) is 0 Å². The van der Waals surface area contributed by atoms with Crippen molar-refractivity contribution < 1.29 is 10.2 Å². The Morgan fingerprint density at radius 3 is 1.18 bits per heavy atom. The number of benzene rings is 2. The molecule has 0 aliphatic rings. The summed E-state index contributed by atoms with van der Waals surface area (Å²) < 4.78 is 0. The fourth-order valence-corrected chi connectivity index (χ4v) is 1.97. The van der Waals surface area contributed by atoms with E-state index >= 15 is 0 Å². The molecule has 2 heteroatoms. The van der Waals surface area contributed by atoms with Crippen molar-refractivity contribution >= 4 is 0 Å². The summed E-state index contributed by atoms with van der Waals surface area (Å²) in [5.74, 6) is 1.77. The summed E-state index contributed by atoms with van der Waals surface area (Å²) in [5, 5.41) is 18.7. The van der Waals surface area contributed by atoms with Crippen LogP contribution in [0.2, 0.25) is 0 Å². The van der Waals surface area contributed by atoms with Crippen LogP contribution in [-0.2, 0) is 0 Å². The van der Waals surface area contributed by atoms with Gasteiger partial charge in [-0.2, -0.15) is 0 Å². The minimum atomic E-state index is 0.399. The summed E-state index contributed by atoms with van der Waals surface area (Å²) in [6.07, 6.45) is 0. The van der Waals surface area contributed by atoms with E-state index in [1.807, 2.05) is 38.1 Å². The Bertz CT molecular complexity index is 558. The highest BCUT2D eigenvalue weighted by molar-refractivity contribution is 5.37. The highest BCUT2D eigenvalue weighted by Gasteiger charge is 2.01. The van der Waals surface area contributed by atoms with Crippen molar-refractivity contribution in [2.24, 2.45) is 0 Å². The van der Waals surface area contributed by atoms with Gasteiger partial charge in [-0.05, 0) is 60.1 Å². The lowest BCUT2D eigenvalue weighted by Crippen LogP contribution is -1.86. The van der Waals surface area contributed by atoms with Gasteiger partial charge >= 0.3 is 0 Å². The lowest BCUT2D eigenvalue weighted by molar-refractivity contribution is 0.469. The molecule has 22 heavy (non-hydrogen) atoms. The first-order chi connectivity index (χ1) is 10.2. The van der Waals surface area contributed by atoms with Crippen LogP contribution < -0.4 is 0 Å². The van der Waals surface area contributed by atoms with Crippen LogP contribution in [0.3, 0.4) is 0 Å². The van der Waals surface area contributed by atoms with E-state index in [-0.39, 0.29) is 0 Å². The Morgan fingerprint density at radius 2 is 0.955 bits per heavy atom. The van der Waals surface area contributed by atoms with E-state index in [1.165, 1.54) is 11.1 Å². The molecule has 2 rings (SSSR count). The summed E-state index contributed by atoms with van der Waals surface area (Å²) >= 11 is 0. The molecule has 2 aromatic rings. The first-order valence-corrected chi connectivity index (χ1v) is 7.81. The van der Waals surface area contributed by atoms with Gasteiger partial charge in [-0.15, -0.1) is 0 Å². The number of phenolic OH excluding ortho intramolecular Hbond substituents is 2. The van der Waals surface area contributed by atoms with Gasteiger partial charge in [0.15, 0.2) is 0 Å². The Labute approximate surface area is 134 Å². The zero-order valence-electron chi connectivity index (χ0n) is 14.5. The predicted octanol–water partition coefficient (Wildman–Crippen LogP) is 5.65. The monoisotopic (exact) mass is 300 g/mol. The highest BCUT2D eigenvalue weighted by atomic mass is 16.3. The number of hydrogen-bond donors (Lipinski definition) is 2. The van der Waals surface area contributed by atoms with Gasteiger partial charge in [0.05, 0.1) is 0 Å². The quantitative estimate of drug-likeness (QED) is 0.752. The molecule has 0 aromatic heterocycles. The van der Waals surface area contributed by atoms with Gasteiger partial charge in [0, 0.05) is 0 Å². The van der Waals surface area contributed by atoms with E-state index in [0.29, 0.717) is 23.3 Å². The van der Waals surface area contributed by atoms with Crippen molar-refractivity contribution in [3.63, 3.8) is 0 Å². The third kappa shape index (κ3) is 5.10. The lowest BCUT2D eigenvalue weighted by atomic mass is 10.0. The highest BCUT2D eigenvalue weighted by Crippen LogP contribution is 2.23. The fraction of sp³-hybridized carbons (Fsp3) is 0.400. The second-order valence-electron chi connectivity index (χ2n) is 6.40. The molecule has 0 spiro atoms. The summed E-state index contributed by atoms with van der Waals surface area (Å²) in [5.41, 5.74) is 4.25. The fourth-order valence-electron chi connectivity index (χ4n) is 1.97. The Morgan fingerprint density at radius 1 is 0.636 bits per heavy atom. The van der Waals surface area contributed by atoms with Gasteiger partial charge in [-0.3, -0.25) is 0 Å². The second kappa shape index (κ2) is 7.88. The van der Waals surface area contributed by atoms with Gasteiger partial charge < -0.3 is 10.2 Å². The Kier molecular flexibility index (Phi) is 6.48. The first-order valence-electron chi connectivity index (χ1n) is 7.81. The smallest absolute Gasteiger partial charge is 0.118 e. The van der Waals surface area contributed by atoms with Crippen molar-refractivity contribution in [2.45, 2.75) is 53.4 Å². The number of rotatable bonds is 2. The number of phenols is 2. The predicted molar refractivity (Wildman–Crippen MR) is 93.9 cm³/mol. The van der Waals surface area contributed by atoms with Crippen molar-refractivity contribution in [3.05, 3.63) is 58.7 Å². The van der Waals surface area contributed by atoms with Crippen molar-refractivity contribution in [1.29, 1.82) is 0 Å². The van der Waals surface area contributed by atoms with Gasteiger partial charge in [0.1, 0.15) is 11.5 Å². The zero-order valence-corrected chi connectivity index (χ0v) is 14.5. The number of aromatic hydroxyl groups is 2. The molecule has 0 heterocycles. The summed E-state index contributed by atoms with van der Waals surface area (Å²) in [6.45, 7) is 12.3. The molecule has 0 bridgehead atoms. The van der Waals surface area contributed by atoms with Gasteiger partial charge in [0.25, 0.3) is 0 Å². The van der Waals surface area contributed by atoms with E-state index < -0.39 is 0 Å². The molecule has 2 aromatic carbocycles. The largest absolute Gasteiger partial charge is 0.508 e. The molecule has 0 saturated carbocycles. The Balaban J connectivity index is 0.000000220. The standard InChI is InChI=1S/2C10H14O/c2*1-7(2)9-5-4-8(3)10(11)6-9/h2*4-7,11H,1-3H3. The van der Waals surface area contributed by atoms with Crippen LogP contribution in [0.4, 0.5) is 0 Å². The molecule has 0 aliphatic carbocycles. The molecule has 0 unspecified atom stereocenters. The third-order valence-electron chi connectivity index (χ3n) is 3.80. The maximum atomic E-state index is 9.35. The molecule has 0 atom stereocenters. The van der Waals surface area contributed by atoms with Crippen molar-refractivity contribution in [3.8, 4) is 11.5 Å². The zero-order chi connectivity index (χ0) is 16.9. The molecule has 0 radical (unpaired) electrons. The first kappa shape index (κ1) is 18.1. The molecular formula is C20H28O2. The molecule has 0 saturated heterocycles. The molecule has 0 fully saturated rings. The summed E-state index contributed by atoms with van der Waals surface area (Å²) in [6, 6.07) is 11.7. The SMILES string of the molecule is Cc1ccc(C(C)C)cc1O.Cc1ccc(C(C)C)cc1O. The topological polar surface area (TPSA) is 40.5 Å². The van der Waals surface area contributed by atoms with E-state index in [0.717, 1.165) is 11.1 Å². The van der Waals surface area contributed by atoms with Crippen LogP contribution in [0.25, 0.3) is 0 Å². The average Bonchev–Trinajstić information content (AvgIpc) is 2.45. The number of aryl methyl sites for hydroxylation is 2. The summed E-state index contributed by atoms with van der Waals surface area (Å²) in [7, 11) is 0. The van der Waals surface area contributed by atoms with E-state index in [2.05, 4.69) is 39.8 Å². The van der Waals surface area contributed by atoms with Crippen LogP contribution >= 0.6 is 0 Å². The average molecular weight is 300 g/mol. The number of hydrogen-bond acceptors (Lipinski definition) is 2. The molecular weight excluding hydrogens is 272 g/mol. The third-order valence-corrected chi connectivity index (χ3v) is 3.80. The van der Waals surface area contributed by atoms with Crippen LogP contribution in [0.5, 0.6) is 11.5 Å². The second-order valence-corrected chi connectivity index (χ2v) is 6.40. The minimum absolute atomic E-state index is 0.399. The molecule has 120 valence electrons. The normalized spacial score (nSPS) is 10.5. The van der Waals surface area contributed by atoms with E-state index in [4.69, 9.17) is 0 Å². The van der Waals surface area contributed by atoms with Gasteiger partial charge in [-0.1, -0.05) is 52.0 Å².